The highest BCUT2D eigenvalue weighted by Crippen LogP contribution is 2.30. The molecule has 0 aliphatic heterocycles. The number of nitrogens with zero attached hydrogens (tertiary/aromatic N) is 4. The van der Waals surface area contributed by atoms with Gasteiger partial charge >= 0.3 is 0 Å². The third-order valence-electron chi connectivity index (χ3n) is 5.28. The topological polar surface area (TPSA) is 89.1 Å². The smallest absolute Gasteiger partial charge is 0.258 e. The maximum absolute atomic E-state index is 13.1. The Morgan fingerprint density at radius 1 is 1.00 bits per heavy atom. The van der Waals surface area contributed by atoms with Crippen LogP contribution in [0, 0.1) is 10.8 Å². The van der Waals surface area contributed by atoms with Crippen LogP contribution in [0.1, 0.15) is 10.4 Å². The number of rotatable bonds is 5. The Kier molecular flexibility index (Phi) is 5.75. The molecule has 0 aliphatic carbocycles. The lowest BCUT2D eigenvalue weighted by Crippen LogP contribution is -2.27. The van der Waals surface area contributed by atoms with Gasteiger partial charge in [0, 0.05) is 41.4 Å². The summed E-state index contributed by atoms with van der Waals surface area (Å²) in [5, 5.41) is 17.1. The fraction of sp³-hybridized carbons (Fsp3) is 0.0833. The minimum Gasteiger partial charge on any atom is -0.329 e. The monoisotopic (exact) mass is 444 g/mol. The predicted octanol–water partition coefficient (Wildman–Crippen LogP) is 4.67. The predicted molar refractivity (Wildman–Crippen MR) is 128 cm³/mol. The van der Waals surface area contributed by atoms with Crippen LogP contribution >= 0.6 is 11.6 Å². The average molecular weight is 445 g/mol. The highest BCUT2D eigenvalue weighted by atomic mass is 35.5. The Morgan fingerprint density at radius 2 is 1.72 bits per heavy atom. The number of nitrogens with one attached hydrogen (secondary N) is 2. The highest BCUT2D eigenvalue weighted by Gasteiger charge is 2.17. The normalized spacial score (nSPS) is 10.7. The molecule has 0 aliphatic rings. The van der Waals surface area contributed by atoms with Gasteiger partial charge in [-0.2, -0.15) is 4.98 Å². The highest BCUT2D eigenvalue weighted by molar-refractivity contribution is 6.31. The Balaban J connectivity index is 1.76. The van der Waals surface area contributed by atoms with Crippen LogP contribution in [0.5, 0.6) is 0 Å². The number of hydrogen-bond donors (Lipinski definition) is 2. The first-order chi connectivity index (χ1) is 15.4. The molecule has 32 heavy (non-hydrogen) atoms. The number of benzene rings is 3. The summed E-state index contributed by atoms with van der Waals surface area (Å²) in [7, 11) is 3.57. The van der Waals surface area contributed by atoms with E-state index in [1.807, 2.05) is 60.5 Å². The first kappa shape index (κ1) is 21.3. The van der Waals surface area contributed by atoms with Crippen molar-refractivity contribution >= 4 is 51.9 Å². The van der Waals surface area contributed by atoms with E-state index in [2.05, 4.69) is 4.98 Å². The first-order valence-corrected chi connectivity index (χ1v) is 10.2. The van der Waals surface area contributed by atoms with E-state index >= 15 is 0 Å². The molecular weight excluding hydrogens is 424 g/mol. The van der Waals surface area contributed by atoms with Gasteiger partial charge in [0.15, 0.2) is 0 Å². The minimum absolute atomic E-state index is 0.0901. The number of hydrogen-bond acceptors (Lipinski definition) is 5. The van der Waals surface area contributed by atoms with Gasteiger partial charge < -0.3 is 9.80 Å². The molecule has 2 N–H and O–H groups in total. The second kappa shape index (κ2) is 8.64. The molecule has 0 bridgehead atoms. The molecule has 7 nitrogen and oxygen atoms in total. The van der Waals surface area contributed by atoms with E-state index in [4.69, 9.17) is 22.4 Å². The Hall–Kier alpha value is -3.97. The van der Waals surface area contributed by atoms with Gasteiger partial charge in [-0.1, -0.05) is 35.9 Å². The van der Waals surface area contributed by atoms with Gasteiger partial charge in [-0.3, -0.25) is 20.2 Å². The third kappa shape index (κ3) is 3.86. The Labute approximate surface area is 190 Å². The molecule has 0 saturated heterocycles. The minimum atomic E-state index is -0.132. The number of anilines is 3. The molecule has 1 aromatic heterocycles. The van der Waals surface area contributed by atoms with E-state index < -0.39 is 0 Å². The summed E-state index contributed by atoms with van der Waals surface area (Å²) in [4.78, 5) is 20.9. The van der Waals surface area contributed by atoms with Crippen LogP contribution in [0.2, 0.25) is 5.02 Å². The van der Waals surface area contributed by atoms with Crippen molar-refractivity contribution in [1.82, 2.24) is 9.55 Å². The van der Waals surface area contributed by atoms with Gasteiger partial charge in [0.2, 0.25) is 5.62 Å². The molecular formula is C24H21ClN6O. The van der Waals surface area contributed by atoms with E-state index in [9.17, 15) is 4.79 Å². The standard InChI is InChI=1S/C24H21ClN6O/c1-29(22-20-12-11-17(25)14-21(20)31(15-26)24(27)28-22)19-10-6-7-16(13-19)23(32)30(2)18-8-4-3-5-9-18/h3-15,26-27H,1-2H3. The van der Waals surface area contributed by atoms with E-state index in [1.54, 1.807) is 36.2 Å². The summed E-state index contributed by atoms with van der Waals surface area (Å²) in [6, 6.07) is 22.0. The fourth-order valence-electron chi connectivity index (χ4n) is 3.54. The van der Waals surface area contributed by atoms with Gasteiger partial charge in [0.05, 0.1) is 11.9 Å². The van der Waals surface area contributed by atoms with E-state index in [1.165, 1.54) is 4.57 Å². The summed E-state index contributed by atoms with van der Waals surface area (Å²) in [5.74, 6) is 0.396. The van der Waals surface area contributed by atoms with Crippen molar-refractivity contribution in [2.75, 3.05) is 23.9 Å². The Morgan fingerprint density at radius 3 is 2.44 bits per heavy atom. The maximum Gasteiger partial charge on any atom is 0.258 e. The van der Waals surface area contributed by atoms with Gasteiger partial charge in [0.1, 0.15) is 5.82 Å². The molecule has 0 atom stereocenters. The molecule has 160 valence electrons. The maximum atomic E-state index is 13.1. The SMILES string of the molecule is CN(C(=O)c1cccc(N(C)c2nc(=N)n(C=N)c3cc(Cl)ccc23)c1)c1ccccc1. The van der Waals surface area contributed by atoms with Crippen molar-refractivity contribution in [2.24, 2.45) is 0 Å². The molecule has 4 rings (SSSR count). The fourth-order valence-corrected chi connectivity index (χ4v) is 3.71. The number of carbonyl (C=O) groups is 1. The van der Waals surface area contributed by atoms with Crippen molar-refractivity contribution in [3.05, 3.63) is 89.0 Å². The summed E-state index contributed by atoms with van der Waals surface area (Å²) < 4.78 is 1.35. The van der Waals surface area contributed by atoms with Crippen molar-refractivity contribution in [3.8, 4) is 0 Å². The van der Waals surface area contributed by atoms with Gasteiger partial charge in [-0.25, -0.2) is 0 Å². The van der Waals surface area contributed by atoms with Crippen molar-refractivity contribution in [2.45, 2.75) is 0 Å². The molecule has 1 heterocycles. The second-order valence-electron chi connectivity index (χ2n) is 7.23. The van der Waals surface area contributed by atoms with Gasteiger partial charge in [-0.05, 0) is 48.5 Å². The van der Waals surface area contributed by atoms with E-state index in [0.717, 1.165) is 23.1 Å². The summed E-state index contributed by atoms with van der Waals surface area (Å²) >= 11 is 6.16. The molecule has 0 spiro atoms. The van der Waals surface area contributed by atoms with Crippen molar-refractivity contribution < 1.29 is 4.79 Å². The van der Waals surface area contributed by atoms with Crippen LogP contribution < -0.4 is 15.4 Å². The first-order valence-electron chi connectivity index (χ1n) is 9.84. The molecule has 3 aromatic carbocycles. The number of carbonyl (C=O) groups excluding carboxylic acids is 1. The van der Waals surface area contributed by atoms with Crippen molar-refractivity contribution in [1.29, 1.82) is 10.8 Å². The Bertz CT molecular complexity index is 1380. The zero-order valence-corrected chi connectivity index (χ0v) is 18.3. The quantitative estimate of drug-likeness (QED) is 0.346. The number of para-hydroxylation sites is 1. The van der Waals surface area contributed by atoms with Crippen LogP contribution in [-0.2, 0) is 0 Å². The van der Waals surface area contributed by atoms with Crippen LogP contribution in [0.15, 0.2) is 72.8 Å². The molecule has 0 radical (unpaired) electrons. The van der Waals surface area contributed by atoms with E-state index in [0.29, 0.717) is 21.9 Å². The summed E-state index contributed by atoms with van der Waals surface area (Å²) in [5.41, 5.74) is 2.59. The molecule has 8 heteroatoms. The second-order valence-corrected chi connectivity index (χ2v) is 7.67. The third-order valence-corrected chi connectivity index (χ3v) is 5.51. The lowest BCUT2D eigenvalue weighted by atomic mass is 10.1. The molecule has 0 fully saturated rings. The molecule has 4 aromatic rings. The van der Waals surface area contributed by atoms with E-state index in [-0.39, 0.29) is 11.5 Å². The van der Waals surface area contributed by atoms with Gasteiger partial charge in [-0.15, -0.1) is 0 Å². The van der Waals surface area contributed by atoms with Crippen molar-refractivity contribution in [3.63, 3.8) is 0 Å². The average Bonchev–Trinajstić information content (AvgIpc) is 2.82. The molecule has 1 amide bonds. The number of halogens is 1. The lowest BCUT2D eigenvalue weighted by Gasteiger charge is -2.23. The largest absolute Gasteiger partial charge is 0.329 e. The summed E-state index contributed by atoms with van der Waals surface area (Å²) in [6.45, 7) is 0. The lowest BCUT2D eigenvalue weighted by molar-refractivity contribution is 0.0993. The van der Waals surface area contributed by atoms with Crippen LogP contribution in [-0.4, -0.2) is 35.9 Å². The van der Waals surface area contributed by atoms with Crippen LogP contribution in [0.25, 0.3) is 10.9 Å². The van der Waals surface area contributed by atoms with Crippen LogP contribution in [0.4, 0.5) is 17.2 Å². The van der Waals surface area contributed by atoms with Gasteiger partial charge in [0.25, 0.3) is 5.91 Å². The molecule has 0 unspecified atom stereocenters. The van der Waals surface area contributed by atoms with Crippen LogP contribution in [0.3, 0.4) is 0 Å². The number of aromatic nitrogens is 2. The zero-order chi connectivity index (χ0) is 22.8. The molecule has 0 saturated carbocycles. The zero-order valence-electron chi connectivity index (χ0n) is 17.6. The summed E-state index contributed by atoms with van der Waals surface area (Å²) in [6.07, 6.45) is 1.04. The number of amides is 1. The number of fused-ring (bicyclic) bond motifs is 1.